The van der Waals surface area contributed by atoms with Crippen molar-refractivity contribution in [3.8, 4) is 11.1 Å². The third-order valence-corrected chi connectivity index (χ3v) is 2.95. The molecule has 3 rings (SSSR count). The normalized spacial score (nSPS) is 10.7. The van der Waals surface area contributed by atoms with Crippen LogP contribution in [0.2, 0.25) is 5.02 Å². The molecule has 4 nitrogen and oxygen atoms in total. The number of nitrogens with one attached hydrogen (secondary N) is 1. The molecule has 0 spiro atoms. The van der Waals surface area contributed by atoms with Crippen LogP contribution in [0.3, 0.4) is 0 Å². The van der Waals surface area contributed by atoms with Crippen molar-refractivity contribution in [2.45, 2.75) is 6.54 Å². The van der Waals surface area contributed by atoms with Crippen molar-refractivity contribution in [3.63, 3.8) is 0 Å². The lowest BCUT2D eigenvalue weighted by Gasteiger charge is -1.98. The van der Waals surface area contributed by atoms with Crippen LogP contribution < -0.4 is 0 Å². The summed E-state index contributed by atoms with van der Waals surface area (Å²) < 4.78 is 1.87. The second kappa shape index (κ2) is 4.66. The zero-order valence-electron chi connectivity index (χ0n) is 9.55. The summed E-state index contributed by atoms with van der Waals surface area (Å²) >= 11 is 5.87. The number of hydrogen-bond donors (Lipinski definition) is 1. The van der Waals surface area contributed by atoms with E-state index in [1.165, 1.54) is 0 Å². The number of aromatic nitrogens is 4. The van der Waals surface area contributed by atoms with E-state index in [-0.39, 0.29) is 0 Å². The maximum absolute atomic E-state index is 5.87. The number of benzene rings is 1. The molecule has 0 amide bonds. The number of nitrogens with zero attached hydrogens (tertiary/aromatic N) is 3. The first kappa shape index (κ1) is 11.0. The summed E-state index contributed by atoms with van der Waals surface area (Å²) in [5.41, 5.74) is 3.21. The Morgan fingerprint density at radius 2 is 1.94 bits per heavy atom. The maximum Gasteiger partial charge on any atom is 0.0825 e. The van der Waals surface area contributed by atoms with Gasteiger partial charge in [-0.2, -0.15) is 10.2 Å². The molecule has 0 atom stereocenters. The Kier molecular flexibility index (Phi) is 2.86. The van der Waals surface area contributed by atoms with Crippen LogP contribution in [0, 0.1) is 0 Å². The van der Waals surface area contributed by atoms with E-state index in [9.17, 15) is 0 Å². The third-order valence-electron chi connectivity index (χ3n) is 2.70. The van der Waals surface area contributed by atoms with Gasteiger partial charge in [-0.05, 0) is 23.8 Å². The molecule has 1 N–H and O–H groups in total. The summed E-state index contributed by atoms with van der Waals surface area (Å²) in [7, 11) is 0. The van der Waals surface area contributed by atoms with Crippen LogP contribution in [0.25, 0.3) is 11.1 Å². The molecule has 1 aromatic carbocycles. The van der Waals surface area contributed by atoms with Crippen molar-refractivity contribution in [2.24, 2.45) is 0 Å². The molecule has 2 heterocycles. The average Bonchev–Trinajstić information content (AvgIpc) is 3.02. The summed E-state index contributed by atoms with van der Waals surface area (Å²) in [6, 6.07) is 9.66. The Morgan fingerprint density at radius 1 is 1.11 bits per heavy atom. The van der Waals surface area contributed by atoms with Crippen LogP contribution >= 0.6 is 11.6 Å². The third kappa shape index (κ3) is 2.28. The van der Waals surface area contributed by atoms with Crippen LogP contribution in [0.15, 0.2) is 48.9 Å². The Balaban J connectivity index is 1.83. The maximum atomic E-state index is 5.87. The SMILES string of the molecule is Clc1ccc(-c2cnn(Cc3ccn[nH]3)c2)cc1. The highest BCUT2D eigenvalue weighted by molar-refractivity contribution is 6.30. The van der Waals surface area contributed by atoms with Gasteiger partial charge in [0.25, 0.3) is 0 Å². The lowest BCUT2D eigenvalue weighted by Crippen LogP contribution is -1.99. The van der Waals surface area contributed by atoms with Gasteiger partial charge in [0.1, 0.15) is 0 Å². The lowest BCUT2D eigenvalue weighted by molar-refractivity contribution is 0.670. The average molecular weight is 259 g/mol. The predicted octanol–water partition coefficient (Wildman–Crippen LogP) is 2.97. The Bertz CT molecular complexity index is 625. The minimum absolute atomic E-state index is 0.688. The van der Waals surface area contributed by atoms with Gasteiger partial charge in [0.15, 0.2) is 0 Å². The highest BCUT2D eigenvalue weighted by atomic mass is 35.5. The van der Waals surface area contributed by atoms with Crippen molar-refractivity contribution in [1.82, 2.24) is 20.0 Å². The Labute approximate surface area is 109 Å². The lowest BCUT2D eigenvalue weighted by atomic mass is 10.1. The van der Waals surface area contributed by atoms with Gasteiger partial charge < -0.3 is 0 Å². The summed E-state index contributed by atoms with van der Waals surface area (Å²) in [5.74, 6) is 0. The van der Waals surface area contributed by atoms with Gasteiger partial charge in [-0.25, -0.2) is 0 Å². The molecule has 0 aliphatic carbocycles. The standard InChI is InChI=1S/C13H11ClN4/c14-12-3-1-10(2-4-12)11-7-16-18(8-11)9-13-5-6-15-17-13/h1-8H,9H2,(H,15,17). The molecule has 0 aliphatic rings. The van der Waals surface area contributed by atoms with Crippen molar-refractivity contribution in [3.05, 3.63) is 59.6 Å². The highest BCUT2D eigenvalue weighted by Gasteiger charge is 2.03. The second-order valence-electron chi connectivity index (χ2n) is 4.02. The number of aromatic amines is 1. The van der Waals surface area contributed by atoms with Crippen molar-refractivity contribution >= 4 is 11.6 Å². The number of rotatable bonds is 3. The van der Waals surface area contributed by atoms with E-state index in [1.807, 2.05) is 47.4 Å². The van der Waals surface area contributed by atoms with Gasteiger partial charge in [0.05, 0.1) is 18.4 Å². The van der Waals surface area contributed by atoms with Gasteiger partial charge in [0.2, 0.25) is 0 Å². The smallest absolute Gasteiger partial charge is 0.0825 e. The van der Waals surface area contributed by atoms with E-state index in [0.717, 1.165) is 21.8 Å². The molecule has 18 heavy (non-hydrogen) atoms. The van der Waals surface area contributed by atoms with E-state index in [4.69, 9.17) is 11.6 Å². The van der Waals surface area contributed by atoms with E-state index in [1.54, 1.807) is 6.20 Å². The minimum Gasteiger partial charge on any atom is -0.281 e. The zero-order valence-corrected chi connectivity index (χ0v) is 10.3. The fourth-order valence-corrected chi connectivity index (χ4v) is 1.91. The van der Waals surface area contributed by atoms with Crippen molar-refractivity contribution in [2.75, 3.05) is 0 Å². The highest BCUT2D eigenvalue weighted by Crippen LogP contribution is 2.20. The van der Waals surface area contributed by atoms with Crippen molar-refractivity contribution < 1.29 is 0 Å². The van der Waals surface area contributed by atoms with Gasteiger partial charge in [0, 0.05) is 23.0 Å². The molecule has 5 heteroatoms. The van der Waals surface area contributed by atoms with E-state index < -0.39 is 0 Å². The van der Waals surface area contributed by atoms with Crippen LogP contribution in [0.5, 0.6) is 0 Å². The summed E-state index contributed by atoms with van der Waals surface area (Å²) in [5, 5.41) is 11.9. The van der Waals surface area contributed by atoms with Gasteiger partial charge in [-0.3, -0.25) is 9.78 Å². The summed E-state index contributed by atoms with van der Waals surface area (Å²) in [6.07, 6.45) is 5.59. The second-order valence-corrected chi connectivity index (χ2v) is 4.45. The van der Waals surface area contributed by atoms with Gasteiger partial charge in [-0.15, -0.1) is 0 Å². The predicted molar refractivity (Wildman–Crippen MR) is 70.4 cm³/mol. The largest absolute Gasteiger partial charge is 0.281 e. The fourth-order valence-electron chi connectivity index (χ4n) is 1.79. The van der Waals surface area contributed by atoms with E-state index >= 15 is 0 Å². The monoisotopic (exact) mass is 258 g/mol. The van der Waals surface area contributed by atoms with E-state index in [0.29, 0.717) is 6.54 Å². The molecule has 0 unspecified atom stereocenters. The molecular weight excluding hydrogens is 248 g/mol. The molecule has 2 aromatic heterocycles. The first-order valence-corrected chi connectivity index (χ1v) is 5.96. The van der Waals surface area contributed by atoms with Gasteiger partial charge in [-0.1, -0.05) is 23.7 Å². The molecular formula is C13H11ClN4. The molecule has 0 saturated carbocycles. The molecule has 0 bridgehead atoms. The molecule has 0 saturated heterocycles. The molecule has 0 aliphatic heterocycles. The first-order valence-electron chi connectivity index (χ1n) is 5.58. The minimum atomic E-state index is 0.688. The molecule has 3 aromatic rings. The summed E-state index contributed by atoms with van der Waals surface area (Å²) in [6.45, 7) is 0.688. The van der Waals surface area contributed by atoms with Crippen LogP contribution in [-0.2, 0) is 6.54 Å². The Hall–Kier alpha value is -2.07. The first-order chi connectivity index (χ1) is 8.81. The zero-order chi connectivity index (χ0) is 12.4. The molecule has 0 fully saturated rings. The van der Waals surface area contributed by atoms with Crippen molar-refractivity contribution in [1.29, 1.82) is 0 Å². The molecule has 90 valence electrons. The quantitative estimate of drug-likeness (QED) is 0.785. The number of H-pyrrole nitrogens is 1. The topological polar surface area (TPSA) is 46.5 Å². The number of hydrogen-bond acceptors (Lipinski definition) is 2. The Morgan fingerprint density at radius 3 is 2.67 bits per heavy atom. The van der Waals surface area contributed by atoms with Crippen LogP contribution in [-0.4, -0.2) is 20.0 Å². The van der Waals surface area contributed by atoms with E-state index in [2.05, 4.69) is 15.3 Å². The van der Waals surface area contributed by atoms with Crippen LogP contribution in [0.1, 0.15) is 5.69 Å². The van der Waals surface area contributed by atoms with Crippen LogP contribution in [0.4, 0.5) is 0 Å². The molecule has 0 radical (unpaired) electrons. The fraction of sp³-hybridized carbons (Fsp3) is 0.0769. The summed E-state index contributed by atoms with van der Waals surface area (Å²) in [4.78, 5) is 0. The van der Waals surface area contributed by atoms with Gasteiger partial charge >= 0.3 is 0 Å². The number of halogens is 1.